The van der Waals surface area contributed by atoms with Crippen molar-refractivity contribution < 1.29 is 28.7 Å². The first-order chi connectivity index (χ1) is 13.2. The first-order valence-corrected chi connectivity index (χ1v) is 9.04. The fourth-order valence-electron chi connectivity index (χ4n) is 2.40. The number of benzene rings is 1. The third-order valence-corrected chi connectivity index (χ3v) is 3.82. The maximum absolute atomic E-state index is 12.8. The Kier molecular flexibility index (Phi) is 7.76. The highest BCUT2D eigenvalue weighted by Gasteiger charge is 2.34. The number of carbonyl (C=O) groups is 4. The zero-order chi connectivity index (χ0) is 22.4. The monoisotopic (exact) mass is 407 g/mol. The van der Waals surface area contributed by atoms with Crippen molar-refractivity contribution in [2.75, 3.05) is 7.11 Å². The van der Waals surface area contributed by atoms with Gasteiger partial charge in [0.25, 0.3) is 0 Å². The molecule has 0 aliphatic rings. The molecule has 9 heteroatoms. The first kappa shape index (κ1) is 23.9. The summed E-state index contributed by atoms with van der Waals surface area (Å²) < 4.78 is 9.91. The first-order valence-electron chi connectivity index (χ1n) is 9.04. The average Bonchev–Trinajstić information content (AvgIpc) is 2.58. The number of rotatable bonds is 7. The highest BCUT2D eigenvalue weighted by Crippen LogP contribution is 2.12. The third kappa shape index (κ3) is 7.81. The van der Waals surface area contributed by atoms with Gasteiger partial charge in [0.1, 0.15) is 17.2 Å². The van der Waals surface area contributed by atoms with Crippen LogP contribution in [0.5, 0.6) is 0 Å². The van der Waals surface area contributed by atoms with E-state index in [0.29, 0.717) is 11.1 Å². The van der Waals surface area contributed by atoms with E-state index in [1.54, 1.807) is 32.9 Å². The molecule has 0 aliphatic carbocycles. The Bertz CT molecular complexity index is 765. The van der Waals surface area contributed by atoms with Crippen LogP contribution in [0.4, 0.5) is 4.79 Å². The van der Waals surface area contributed by atoms with Gasteiger partial charge in [-0.1, -0.05) is 12.1 Å². The van der Waals surface area contributed by atoms with Crippen LogP contribution in [0, 0.1) is 0 Å². The van der Waals surface area contributed by atoms with Crippen LogP contribution in [0.2, 0.25) is 0 Å². The Morgan fingerprint density at radius 1 is 1.03 bits per heavy atom. The molecule has 4 N–H and O–H groups in total. The SMILES string of the molecule is COC(=O)C(C)(C)NC(=O)[C@H](Cc1ccc(C(N)=O)cc1)NC(=O)OC(C)(C)C. The minimum absolute atomic E-state index is 0.0986. The highest BCUT2D eigenvalue weighted by molar-refractivity contribution is 5.93. The van der Waals surface area contributed by atoms with Gasteiger partial charge in [-0.05, 0) is 52.3 Å². The third-order valence-electron chi connectivity index (χ3n) is 3.82. The zero-order valence-electron chi connectivity index (χ0n) is 17.6. The average molecular weight is 407 g/mol. The molecule has 1 rings (SSSR count). The molecule has 0 aromatic heterocycles. The lowest BCUT2D eigenvalue weighted by Crippen LogP contribution is -2.57. The lowest BCUT2D eigenvalue weighted by atomic mass is 10.0. The van der Waals surface area contributed by atoms with Gasteiger partial charge in [-0.3, -0.25) is 9.59 Å². The number of esters is 1. The van der Waals surface area contributed by atoms with Gasteiger partial charge in [0.05, 0.1) is 7.11 Å². The van der Waals surface area contributed by atoms with Gasteiger partial charge in [-0.25, -0.2) is 9.59 Å². The fraction of sp³-hybridized carbons (Fsp3) is 0.500. The van der Waals surface area contributed by atoms with Crippen molar-refractivity contribution in [2.24, 2.45) is 5.73 Å². The second-order valence-electron chi connectivity index (χ2n) is 8.07. The van der Waals surface area contributed by atoms with Gasteiger partial charge < -0.3 is 25.8 Å². The number of nitrogens with one attached hydrogen (secondary N) is 2. The van der Waals surface area contributed by atoms with E-state index in [1.807, 2.05) is 0 Å². The predicted molar refractivity (Wildman–Crippen MR) is 106 cm³/mol. The maximum Gasteiger partial charge on any atom is 0.408 e. The van der Waals surface area contributed by atoms with Crippen molar-refractivity contribution in [3.63, 3.8) is 0 Å². The molecule has 160 valence electrons. The van der Waals surface area contributed by atoms with Crippen LogP contribution in [0.3, 0.4) is 0 Å². The summed E-state index contributed by atoms with van der Waals surface area (Å²) in [4.78, 5) is 48.1. The molecular formula is C20H29N3O6. The molecule has 0 heterocycles. The van der Waals surface area contributed by atoms with Crippen molar-refractivity contribution in [1.82, 2.24) is 10.6 Å². The van der Waals surface area contributed by atoms with Crippen molar-refractivity contribution >= 4 is 23.9 Å². The number of methoxy groups -OCH3 is 1. The van der Waals surface area contributed by atoms with Crippen LogP contribution in [0.1, 0.15) is 50.5 Å². The molecule has 1 aromatic rings. The Morgan fingerprint density at radius 2 is 1.59 bits per heavy atom. The van der Waals surface area contributed by atoms with Crippen LogP contribution in [-0.2, 0) is 25.5 Å². The van der Waals surface area contributed by atoms with E-state index in [9.17, 15) is 19.2 Å². The second kappa shape index (κ2) is 9.40. The van der Waals surface area contributed by atoms with Crippen molar-refractivity contribution in [3.05, 3.63) is 35.4 Å². The molecule has 3 amide bonds. The fourth-order valence-corrected chi connectivity index (χ4v) is 2.40. The molecule has 0 saturated heterocycles. The van der Waals surface area contributed by atoms with E-state index in [-0.39, 0.29) is 6.42 Å². The van der Waals surface area contributed by atoms with Crippen molar-refractivity contribution in [2.45, 2.75) is 58.2 Å². The van der Waals surface area contributed by atoms with E-state index in [1.165, 1.54) is 33.1 Å². The van der Waals surface area contributed by atoms with Crippen LogP contribution < -0.4 is 16.4 Å². The number of hydrogen-bond acceptors (Lipinski definition) is 6. The summed E-state index contributed by atoms with van der Waals surface area (Å²) in [5.74, 6) is -1.80. The molecule has 29 heavy (non-hydrogen) atoms. The smallest absolute Gasteiger partial charge is 0.408 e. The van der Waals surface area contributed by atoms with Crippen molar-refractivity contribution in [3.8, 4) is 0 Å². The molecule has 0 bridgehead atoms. The standard InChI is InChI=1S/C20H29N3O6/c1-19(2,3)29-18(27)22-14(16(25)23-20(4,5)17(26)28-6)11-12-7-9-13(10-8-12)15(21)24/h7-10,14H,11H2,1-6H3,(H2,21,24)(H,22,27)(H,23,25)/t14-/m0/s1. The molecule has 0 radical (unpaired) electrons. The van der Waals surface area contributed by atoms with Gasteiger partial charge >= 0.3 is 12.1 Å². The van der Waals surface area contributed by atoms with Crippen LogP contribution >= 0.6 is 0 Å². The number of carbonyl (C=O) groups excluding carboxylic acids is 4. The Labute approximate surface area is 170 Å². The molecule has 1 aromatic carbocycles. The molecule has 9 nitrogen and oxygen atoms in total. The Balaban J connectivity index is 3.04. The van der Waals surface area contributed by atoms with Gasteiger partial charge in [0.15, 0.2) is 0 Å². The van der Waals surface area contributed by atoms with Gasteiger partial charge in [-0.2, -0.15) is 0 Å². The summed E-state index contributed by atoms with van der Waals surface area (Å²) in [6.07, 6.45) is -0.677. The summed E-state index contributed by atoms with van der Waals surface area (Å²) >= 11 is 0. The summed E-state index contributed by atoms with van der Waals surface area (Å²) in [5, 5.41) is 5.09. The number of amides is 3. The van der Waals surface area contributed by atoms with Gasteiger partial charge in [0, 0.05) is 12.0 Å². The summed E-state index contributed by atoms with van der Waals surface area (Å²) in [6, 6.07) is 5.27. The number of nitrogens with two attached hydrogens (primary N) is 1. The van der Waals surface area contributed by atoms with E-state index >= 15 is 0 Å². The van der Waals surface area contributed by atoms with Gasteiger partial charge in [-0.15, -0.1) is 0 Å². The van der Waals surface area contributed by atoms with Crippen LogP contribution in [0.25, 0.3) is 0 Å². The summed E-state index contributed by atoms with van der Waals surface area (Å²) in [6.45, 7) is 8.07. The van der Waals surface area contributed by atoms with E-state index in [4.69, 9.17) is 10.5 Å². The molecule has 0 unspecified atom stereocenters. The number of primary amides is 1. The largest absolute Gasteiger partial charge is 0.467 e. The molecule has 1 atom stereocenters. The maximum atomic E-state index is 12.8. The van der Waals surface area contributed by atoms with Crippen molar-refractivity contribution in [1.29, 1.82) is 0 Å². The predicted octanol–water partition coefficient (Wildman–Crippen LogP) is 1.29. The van der Waals surface area contributed by atoms with Crippen LogP contribution in [0.15, 0.2) is 24.3 Å². The molecule has 0 spiro atoms. The quantitative estimate of drug-likeness (QED) is 0.583. The minimum Gasteiger partial charge on any atom is -0.467 e. The minimum atomic E-state index is -1.30. The Hall–Kier alpha value is -3.10. The molecular weight excluding hydrogens is 378 g/mol. The second-order valence-corrected chi connectivity index (χ2v) is 8.07. The number of alkyl carbamates (subject to hydrolysis) is 1. The van der Waals surface area contributed by atoms with Crippen LogP contribution in [-0.4, -0.2) is 48.2 Å². The molecule has 0 saturated carbocycles. The Morgan fingerprint density at radius 3 is 2.03 bits per heavy atom. The lowest BCUT2D eigenvalue weighted by molar-refractivity contribution is -0.149. The van der Waals surface area contributed by atoms with E-state index in [0.717, 1.165) is 0 Å². The number of hydrogen-bond donors (Lipinski definition) is 3. The van der Waals surface area contributed by atoms with E-state index in [2.05, 4.69) is 15.4 Å². The summed E-state index contributed by atoms with van der Waals surface area (Å²) in [7, 11) is 1.22. The van der Waals surface area contributed by atoms with Gasteiger partial charge in [0.2, 0.25) is 11.8 Å². The topological polar surface area (TPSA) is 137 Å². The number of ether oxygens (including phenoxy) is 2. The normalized spacial score (nSPS) is 12.5. The highest BCUT2D eigenvalue weighted by atomic mass is 16.6. The lowest BCUT2D eigenvalue weighted by Gasteiger charge is -2.27. The zero-order valence-corrected chi connectivity index (χ0v) is 17.6. The summed E-state index contributed by atoms with van der Waals surface area (Å²) in [5.41, 5.74) is 4.17. The van der Waals surface area contributed by atoms with E-state index < -0.39 is 41.1 Å². The molecule has 0 aliphatic heterocycles. The molecule has 0 fully saturated rings.